The highest BCUT2D eigenvalue weighted by Crippen LogP contribution is 2.05. The zero-order valence-electron chi connectivity index (χ0n) is 9.83. The first-order valence-electron chi connectivity index (χ1n) is 4.91. The summed E-state index contributed by atoms with van der Waals surface area (Å²) < 4.78 is 4.73. The lowest BCUT2D eigenvalue weighted by Crippen LogP contribution is -2.44. The Morgan fingerprint density at radius 3 is 2.36 bits per heavy atom. The lowest BCUT2D eigenvalue weighted by atomic mass is 10.0. The van der Waals surface area contributed by atoms with Gasteiger partial charge < -0.3 is 15.0 Å². The summed E-state index contributed by atoms with van der Waals surface area (Å²) in [5.41, 5.74) is 0. The van der Waals surface area contributed by atoms with Crippen molar-refractivity contribution in [2.75, 3.05) is 34.4 Å². The van der Waals surface area contributed by atoms with Crippen LogP contribution in [0.5, 0.6) is 0 Å². The highest BCUT2D eigenvalue weighted by molar-refractivity contribution is 5.77. The number of carbonyl (C=O) groups excluding carboxylic acids is 1. The minimum absolute atomic E-state index is 0.0556. The van der Waals surface area contributed by atoms with Gasteiger partial charge in [-0.2, -0.15) is 0 Å². The predicted octanol–water partition coefficient (Wildman–Crippen LogP) is 0.335. The Labute approximate surface area is 86.6 Å². The van der Waals surface area contributed by atoms with Crippen LogP contribution in [-0.2, 0) is 9.53 Å². The molecule has 4 nitrogen and oxygen atoms in total. The summed E-state index contributed by atoms with van der Waals surface area (Å²) in [5.74, 6) is 0.466. The molecule has 0 spiro atoms. The Kier molecular flexibility index (Phi) is 6.49. The lowest BCUT2D eigenvalue weighted by molar-refractivity contribution is -0.125. The molecule has 0 fully saturated rings. The molecule has 0 aliphatic carbocycles. The molecule has 14 heavy (non-hydrogen) atoms. The second kappa shape index (κ2) is 6.79. The number of carbonyl (C=O) groups is 1. The van der Waals surface area contributed by atoms with Crippen LogP contribution in [0.1, 0.15) is 13.8 Å². The maximum Gasteiger partial charge on any atom is 0.246 e. The average molecular weight is 202 g/mol. The monoisotopic (exact) mass is 202 g/mol. The SMILES string of the molecule is COCC(=O)NCC(C(C)C)N(C)C. The highest BCUT2D eigenvalue weighted by atomic mass is 16.5. The van der Waals surface area contributed by atoms with E-state index < -0.39 is 0 Å². The van der Waals surface area contributed by atoms with E-state index in [1.807, 2.05) is 14.1 Å². The largest absolute Gasteiger partial charge is 0.375 e. The summed E-state index contributed by atoms with van der Waals surface area (Å²) in [6.07, 6.45) is 0. The molecule has 0 saturated carbocycles. The lowest BCUT2D eigenvalue weighted by Gasteiger charge is -2.27. The smallest absolute Gasteiger partial charge is 0.246 e. The number of nitrogens with zero attached hydrogens (tertiary/aromatic N) is 1. The van der Waals surface area contributed by atoms with Gasteiger partial charge in [-0.1, -0.05) is 13.8 Å². The number of ether oxygens (including phenoxy) is 1. The van der Waals surface area contributed by atoms with E-state index in [0.29, 0.717) is 18.5 Å². The number of nitrogens with one attached hydrogen (secondary N) is 1. The first-order valence-corrected chi connectivity index (χ1v) is 4.91. The van der Waals surface area contributed by atoms with Gasteiger partial charge in [0.25, 0.3) is 0 Å². The molecule has 1 amide bonds. The topological polar surface area (TPSA) is 41.6 Å². The van der Waals surface area contributed by atoms with Crippen LogP contribution >= 0.6 is 0 Å². The summed E-state index contributed by atoms with van der Waals surface area (Å²) in [6.45, 7) is 5.10. The average Bonchev–Trinajstić information content (AvgIpc) is 2.03. The zero-order chi connectivity index (χ0) is 11.1. The van der Waals surface area contributed by atoms with E-state index in [0.717, 1.165) is 0 Å². The maximum absolute atomic E-state index is 11.1. The number of hydrogen-bond acceptors (Lipinski definition) is 3. The van der Waals surface area contributed by atoms with E-state index in [-0.39, 0.29) is 12.5 Å². The van der Waals surface area contributed by atoms with Crippen molar-refractivity contribution < 1.29 is 9.53 Å². The fraction of sp³-hybridized carbons (Fsp3) is 0.900. The number of hydrogen-bond donors (Lipinski definition) is 1. The van der Waals surface area contributed by atoms with Gasteiger partial charge in [-0.3, -0.25) is 4.79 Å². The van der Waals surface area contributed by atoms with Gasteiger partial charge in [-0.25, -0.2) is 0 Å². The Morgan fingerprint density at radius 1 is 1.43 bits per heavy atom. The van der Waals surface area contributed by atoms with Crippen LogP contribution in [0, 0.1) is 5.92 Å². The summed E-state index contributed by atoms with van der Waals surface area (Å²) >= 11 is 0. The summed E-state index contributed by atoms with van der Waals surface area (Å²) in [4.78, 5) is 13.3. The van der Waals surface area contributed by atoms with E-state index in [1.165, 1.54) is 7.11 Å². The molecule has 0 aromatic carbocycles. The summed E-state index contributed by atoms with van der Waals surface area (Å²) in [5, 5.41) is 2.84. The Morgan fingerprint density at radius 2 is 2.00 bits per heavy atom. The van der Waals surface area contributed by atoms with Crippen LogP contribution in [0.15, 0.2) is 0 Å². The third kappa shape index (κ3) is 5.19. The van der Waals surface area contributed by atoms with Crippen molar-refractivity contribution in [1.29, 1.82) is 0 Å². The van der Waals surface area contributed by atoms with Crippen LogP contribution in [0.2, 0.25) is 0 Å². The van der Waals surface area contributed by atoms with Crippen LogP contribution < -0.4 is 5.32 Å². The molecule has 4 heteroatoms. The molecule has 0 aromatic heterocycles. The number of likely N-dealkylation sites (N-methyl/N-ethyl adjacent to an activating group) is 1. The second-order valence-corrected chi connectivity index (χ2v) is 4.01. The first kappa shape index (κ1) is 13.4. The molecule has 0 aromatic rings. The molecular weight excluding hydrogens is 180 g/mol. The number of amides is 1. The van der Waals surface area contributed by atoms with E-state index in [4.69, 9.17) is 4.74 Å². The van der Waals surface area contributed by atoms with E-state index in [1.54, 1.807) is 0 Å². The molecule has 84 valence electrons. The molecule has 0 rings (SSSR count). The summed E-state index contributed by atoms with van der Waals surface area (Å²) in [6, 6.07) is 0.371. The number of methoxy groups -OCH3 is 1. The first-order chi connectivity index (χ1) is 6.49. The molecule has 0 aliphatic rings. The van der Waals surface area contributed by atoms with Crippen LogP contribution in [0.25, 0.3) is 0 Å². The Hall–Kier alpha value is -0.610. The summed E-state index contributed by atoms with van der Waals surface area (Å²) in [7, 11) is 5.56. The quantitative estimate of drug-likeness (QED) is 0.675. The minimum Gasteiger partial charge on any atom is -0.375 e. The van der Waals surface area contributed by atoms with Crippen molar-refractivity contribution in [3.63, 3.8) is 0 Å². The van der Waals surface area contributed by atoms with Crippen LogP contribution in [0.3, 0.4) is 0 Å². The van der Waals surface area contributed by atoms with Crippen molar-refractivity contribution in [3.8, 4) is 0 Å². The molecule has 1 atom stereocenters. The standard InChI is InChI=1S/C10H22N2O2/c1-8(2)9(12(3)4)6-11-10(13)7-14-5/h8-9H,6-7H2,1-5H3,(H,11,13). The van der Waals surface area contributed by atoms with Gasteiger partial charge in [-0.15, -0.1) is 0 Å². The Bertz CT molecular complexity index is 162. The molecule has 0 bridgehead atoms. The minimum atomic E-state index is -0.0556. The third-order valence-electron chi connectivity index (χ3n) is 2.22. The third-order valence-corrected chi connectivity index (χ3v) is 2.22. The molecular formula is C10H22N2O2. The number of rotatable bonds is 6. The second-order valence-electron chi connectivity index (χ2n) is 4.01. The molecule has 0 aliphatic heterocycles. The van der Waals surface area contributed by atoms with Crippen molar-refractivity contribution in [1.82, 2.24) is 10.2 Å². The van der Waals surface area contributed by atoms with Gasteiger partial charge in [0.2, 0.25) is 5.91 Å². The van der Waals surface area contributed by atoms with Gasteiger partial charge in [0.15, 0.2) is 0 Å². The van der Waals surface area contributed by atoms with Crippen molar-refractivity contribution in [2.24, 2.45) is 5.92 Å². The molecule has 0 radical (unpaired) electrons. The van der Waals surface area contributed by atoms with E-state index in [9.17, 15) is 4.79 Å². The van der Waals surface area contributed by atoms with Gasteiger partial charge in [0.1, 0.15) is 6.61 Å². The normalized spacial score (nSPS) is 13.4. The molecule has 0 saturated heterocycles. The fourth-order valence-electron chi connectivity index (χ4n) is 1.42. The Balaban J connectivity index is 3.88. The predicted molar refractivity (Wildman–Crippen MR) is 57.2 cm³/mol. The van der Waals surface area contributed by atoms with Gasteiger partial charge in [-0.05, 0) is 20.0 Å². The fourth-order valence-corrected chi connectivity index (χ4v) is 1.42. The van der Waals surface area contributed by atoms with E-state index in [2.05, 4.69) is 24.1 Å². The molecule has 0 heterocycles. The zero-order valence-corrected chi connectivity index (χ0v) is 9.83. The van der Waals surface area contributed by atoms with Gasteiger partial charge >= 0.3 is 0 Å². The van der Waals surface area contributed by atoms with E-state index >= 15 is 0 Å². The van der Waals surface area contributed by atoms with Crippen molar-refractivity contribution in [3.05, 3.63) is 0 Å². The molecule has 1 unspecified atom stereocenters. The van der Waals surface area contributed by atoms with Gasteiger partial charge in [0.05, 0.1) is 0 Å². The van der Waals surface area contributed by atoms with Gasteiger partial charge in [0, 0.05) is 19.7 Å². The highest BCUT2D eigenvalue weighted by Gasteiger charge is 2.16. The van der Waals surface area contributed by atoms with Crippen LogP contribution in [-0.4, -0.2) is 51.2 Å². The van der Waals surface area contributed by atoms with Crippen LogP contribution in [0.4, 0.5) is 0 Å². The molecule has 1 N–H and O–H groups in total. The van der Waals surface area contributed by atoms with Crippen molar-refractivity contribution in [2.45, 2.75) is 19.9 Å². The van der Waals surface area contributed by atoms with Crippen molar-refractivity contribution >= 4 is 5.91 Å². The maximum atomic E-state index is 11.1.